The zero-order valence-corrected chi connectivity index (χ0v) is 12.7. The van der Waals surface area contributed by atoms with Gasteiger partial charge in [-0.3, -0.25) is 0 Å². The lowest BCUT2D eigenvalue weighted by Crippen LogP contribution is -2.34. The maximum Gasteiger partial charge on any atom is 0.000712 e. The van der Waals surface area contributed by atoms with E-state index in [1.165, 1.54) is 45.3 Å². The molecule has 1 saturated heterocycles. The Kier molecular flexibility index (Phi) is 6.54. The number of rotatable bonds is 6. The number of piperidine rings is 1. The lowest BCUT2D eigenvalue weighted by atomic mass is 9.81. The third-order valence-corrected chi connectivity index (χ3v) is 4.74. The van der Waals surface area contributed by atoms with Gasteiger partial charge in [0, 0.05) is 6.54 Å². The highest BCUT2D eigenvalue weighted by Crippen LogP contribution is 2.26. The van der Waals surface area contributed by atoms with E-state index in [1.54, 1.807) is 0 Å². The lowest BCUT2D eigenvalue weighted by Gasteiger charge is -2.31. The standard InChI is InChI=1S/C16H33N/c1-13(2)16(5)15(4)11-14(3)12-17-9-7-6-8-10-17/h13-16H,6-12H2,1-5H3. The molecule has 0 radical (unpaired) electrons. The lowest BCUT2D eigenvalue weighted by molar-refractivity contribution is 0.173. The van der Waals surface area contributed by atoms with Crippen molar-refractivity contribution >= 4 is 0 Å². The van der Waals surface area contributed by atoms with E-state index < -0.39 is 0 Å². The van der Waals surface area contributed by atoms with Gasteiger partial charge in [-0.25, -0.2) is 0 Å². The van der Waals surface area contributed by atoms with E-state index in [0.717, 1.165) is 23.7 Å². The maximum absolute atomic E-state index is 2.68. The molecule has 1 aliphatic rings. The molecular formula is C16H33N. The molecule has 0 aliphatic carbocycles. The largest absolute Gasteiger partial charge is 0.303 e. The quantitative estimate of drug-likeness (QED) is 0.663. The van der Waals surface area contributed by atoms with Crippen molar-refractivity contribution in [2.45, 2.75) is 60.3 Å². The Morgan fingerprint density at radius 2 is 1.47 bits per heavy atom. The molecule has 0 N–H and O–H groups in total. The summed E-state index contributed by atoms with van der Waals surface area (Å²) in [5.74, 6) is 3.42. The molecule has 0 amide bonds. The normalized spacial score (nSPS) is 23.6. The van der Waals surface area contributed by atoms with Gasteiger partial charge < -0.3 is 4.90 Å². The van der Waals surface area contributed by atoms with Gasteiger partial charge in [0.25, 0.3) is 0 Å². The van der Waals surface area contributed by atoms with E-state index in [4.69, 9.17) is 0 Å². The minimum absolute atomic E-state index is 0.826. The predicted molar refractivity (Wildman–Crippen MR) is 77.2 cm³/mol. The van der Waals surface area contributed by atoms with Crippen molar-refractivity contribution in [1.29, 1.82) is 0 Å². The molecule has 0 bridgehead atoms. The molecule has 1 rings (SSSR count). The molecule has 3 unspecified atom stereocenters. The minimum atomic E-state index is 0.826. The summed E-state index contributed by atoms with van der Waals surface area (Å²) in [6.45, 7) is 16.0. The molecule has 0 aromatic heterocycles. The molecular weight excluding hydrogens is 206 g/mol. The second-order valence-electron chi connectivity index (χ2n) is 6.78. The van der Waals surface area contributed by atoms with Crippen molar-refractivity contribution in [2.75, 3.05) is 19.6 Å². The number of hydrogen-bond acceptors (Lipinski definition) is 1. The third kappa shape index (κ3) is 5.42. The van der Waals surface area contributed by atoms with Gasteiger partial charge in [-0.15, -0.1) is 0 Å². The van der Waals surface area contributed by atoms with Crippen LogP contribution in [0, 0.1) is 23.7 Å². The Labute approximate surface area is 109 Å². The summed E-state index contributed by atoms with van der Waals surface area (Å²) >= 11 is 0. The Hall–Kier alpha value is -0.0400. The molecule has 3 atom stereocenters. The van der Waals surface area contributed by atoms with Gasteiger partial charge in [-0.1, -0.05) is 41.0 Å². The van der Waals surface area contributed by atoms with E-state index in [9.17, 15) is 0 Å². The second-order valence-corrected chi connectivity index (χ2v) is 6.78. The van der Waals surface area contributed by atoms with Crippen molar-refractivity contribution in [3.05, 3.63) is 0 Å². The monoisotopic (exact) mass is 239 g/mol. The predicted octanol–water partition coefficient (Wildman–Crippen LogP) is 4.43. The maximum atomic E-state index is 2.68. The van der Waals surface area contributed by atoms with E-state index >= 15 is 0 Å². The second kappa shape index (κ2) is 7.41. The molecule has 1 heterocycles. The summed E-state index contributed by atoms with van der Waals surface area (Å²) in [5, 5.41) is 0. The summed E-state index contributed by atoms with van der Waals surface area (Å²) in [4.78, 5) is 2.68. The SMILES string of the molecule is CC(CC(C)C(C)C(C)C)CN1CCCCC1. The molecule has 1 nitrogen and oxygen atoms in total. The summed E-state index contributed by atoms with van der Waals surface area (Å²) in [7, 11) is 0. The van der Waals surface area contributed by atoms with Crippen LogP contribution in [-0.2, 0) is 0 Å². The van der Waals surface area contributed by atoms with Crippen molar-refractivity contribution in [3.63, 3.8) is 0 Å². The summed E-state index contributed by atoms with van der Waals surface area (Å²) < 4.78 is 0. The first-order valence-corrected chi connectivity index (χ1v) is 7.73. The Morgan fingerprint density at radius 1 is 0.882 bits per heavy atom. The molecule has 0 spiro atoms. The molecule has 17 heavy (non-hydrogen) atoms. The summed E-state index contributed by atoms with van der Waals surface area (Å²) in [6, 6.07) is 0. The van der Waals surface area contributed by atoms with E-state index in [-0.39, 0.29) is 0 Å². The van der Waals surface area contributed by atoms with Crippen LogP contribution in [0.5, 0.6) is 0 Å². The van der Waals surface area contributed by atoms with Gasteiger partial charge >= 0.3 is 0 Å². The van der Waals surface area contributed by atoms with Crippen LogP contribution < -0.4 is 0 Å². The number of likely N-dealkylation sites (tertiary alicyclic amines) is 1. The highest BCUT2D eigenvalue weighted by atomic mass is 15.1. The summed E-state index contributed by atoms with van der Waals surface area (Å²) in [5.41, 5.74) is 0. The Balaban J connectivity index is 2.25. The van der Waals surface area contributed by atoms with Gasteiger partial charge in [-0.05, 0) is 56.0 Å². The molecule has 0 saturated carbocycles. The van der Waals surface area contributed by atoms with Crippen molar-refractivity contribution < 1.29 is 0 Å². The average molecular weight is 239 g/mol. The molecule has 1 aliphatic heterocycles. The molecule has 1 fully saturated rings. The van der Waals surface area contributed by atoms with Crippen LogP contribution in [0.4, 0.5) is 0 Å². The van der Waals surface area contributed by atoms with Gasteiger partial charge in [0.2, 0.25) is 0 Å². The molecule has 102 valence electrons. The zero-order chi connectivity index (χ0) is 12.8. The van der Waals surface area contributed by atoms with Crippen LogP contribution >= 0.6 is 0 Å². The van der Waals surface area contributed by atoms with Crippen LogP contribution in [0.1, 0.15) is 60.3 Å². The van der Waals surface area contributed by atoms with Gasteiger partial charge in [0.15, 0.2) is 0 Å². The van der Waals surface area contributed by atoms with E-state index in [0.29, 0.717) is 0 Å². The first-order valence-electron chi connectivity index (χ1n) is 7.73. The fourth-order valence-electron chi connectivity index (χ4n) is 3.16. The van der Waals surface area contributed by atoms with Gasteiger partial charge in [0.05, 0.1) is 0 Å². The highest BCUT2D eigenvalue weighted by molar-refractivity contribution is 4.72. The topological polar surface area (TPSA) is 3.24 Å². The van der Waals surface area contributed by atoms with Crippen molar-refractivity contribution in [3.8, 4) is 0 Å². The zero-order valence-electron chi connectivity index (χ0n) is 12.7. The van der Waals surface area contributed by atoms with Crippen LogP contribution in [0.15, 0.2) is 0 Å². The van der Waals surface area contributed by atoms with Crippen molar-refractivity contribution in [2.24, 2.45) is 23.7 Å². The van der Waals surface area contributed by atoms with E-state index in [2.05, 4.69) is 39.5 Å². The van der Waals surface area contributed by atoms with Crippen LogP contribution in [0.3, 0.4) is 0 Å². The Morgan fingerprint density at radius 3 is 2.00 bits per heavy atom. The first-order chi connectivity index (χ1) is 8.00. The fraction of sp³-hybridized carbons (Fsp3) is 1.00. The number of nitrogens with zero attached hydrogens (tertiary/aromatic N) is 1. The Bertz CT molecular complexity index is 194. The van der Waals surface area contributed by atoms with Crippen LogP contribution in [0.2, 0.25) is 0 Å². The van der Waals surface area contributed by atoms with Crippen molar-refractivity contribution in [1.82, 2.24) is 4.90 Å². The van der Waals surface area contributed by atoms with Crippen LogP contribution in [0.25, 0.3) is 0 Å². The number of hydrogen-bond donors (Lipinski definition) is 0. The van der Waals surface area contributed by atoms with Gasteiger partial charge in [0.1, 0.15) is 0 Å². The molecule has 0 aromatic rings. The average Bonchev–Trinajstić information content (AvgIpc) is 2.28. The minimum Gasteiger partial charge on any atom is -0.303 e. The smallest absolute Gasteiger partial charge is 0.000712 e. The fourth-order valence-corrected chi connectivity index (χ4v) is 3.16. The highest BCUT2D eigenvalue weighted by Gasteiger charge is 2.20. The summed E-state index contributed by atoms with van der Waals surface area (Å²) in [6.07, 6.45) is 5.69. The van der Waals surface area contributed by atoms with E-state index in [1.807, 2.05) is 0 Å². The molecule has 0 aromatic carbocycles. The first kappa shape index (κ1) is 15.0. The molecule has 1 heteroatoms. The van der Waals surface area contributed by atoms with Crippen LogP contribution in [-0.4, -0.2) is 24.5 Å². The van der Waals surface area contributed by atoms with Gasteiger partial charge in [-0.2, -0.15) is 0 Å². The third-order valence-electron chi connectivity index (χ3n) is 4.74.